The van der Waals surface area contributed by atoms with E-state index in [1.807, 2.05) is 13.8 Å². The molecule has 0 radical (unpaired) electrons. The number of nitrogens with one attached hydrogen (secondary N) is 1. The van der Waals surface area contributed by atoms with Crippen molar-refractivity contribution in [2.45, 2.75) is 39.8 Å². The van der Waals surface area contributed by atoms with Gasteiger partial charge >= 0.3 is 0 Å². The lowest BCUT2D eigenvalue weighted by Crippen LogP contribution is -2.52. The van der Waals surface area contributed by atoms with Crippen molar-refractivity contribution in [1.82, 2.24) is 10.2 Å². The number of hydrogen-bond donors (Lipinski definition) is 1. The lowest BCUT2D eigenvalue weighted by molar-refractivity contribution is -0.140. The Bertz CT molecular complexity index is 1160. The second-order valence-electron chi connectivity index (χ2n) is 8.58. The van der Waals surface area contributed by atoms with Gasteiger partial charge in [-0.15, -0.1) is 0 Å². The minimum Gasteiger partial charge on any atom is -0.354 e. The van der Waals surface area contributed by atoms with Crippen molar-refractivity contribution in [3.05, 3.63) is 63.1 Å². The molecule has 35 heavy (non-hydrogen) atoms. The van der Waals surface area contributed by atoms with E-state index in [0.717, 1.165) is 10.6 Å². The zero-order valence-corrected chi connectivity index (χ0v) is 23.2. The number of amides is 2. The molecule has 0 spiro atoms. The van der Waals surface area contributed by atoms with E-state index >= 15 is 0 Å². The molecule has 0 heterocycles. The van der Waals surface area contributed by atoms with Crippen molar-refractivity contribution in [3.8, 4) is 0 Å². The quantitative estimate of drug-likeness (QED) is 0.418. The molecule has 2 rings (SSSR count). The predicted octanol–water partition coefficient (Wildman–Crippen LogP) is 4.99. The summed E-state index contributed by atoms with van der Waals surface area (Å²) in [7, 11) is -3.83. The van der Waals surface area contributed by atoms with Crippen molar-refractivity contribution < 1.29 is 18.0 Å². The van der Waals surface area contributed by atoms with E-state index in [9.17, 15) is 18.0 Å². The van der Waals surface area contributed by atoms with Crippen LogP contribution in [0.15, 0.2) is 42.5 Å². The van der Waals surface area contributed by atoms with Crippen LogP contribution < -0.4 is 9.62 Å². The molecule has 7 nitrogen and oxygen atoms in total. The lowest BCUT2D eigenvalue weighted by Gasteiger charge is -2.33. The number of rotatable bonds is 11. The van der Waals surface area contributed by atoms with Gasteiger partial charge in [-0.05, 0) is 48.2 Å². The summed E-state index contributed by atoms with van der Waals surface area (Å²) in [6.45, 7) is 5.71. The van der Waals surface area contributed by atoms with Crippen molar-refractivity contribution >= 4 is 62.3 Å². The summed E-state index contributed by atoms with van der Waals surface area (Å²) in [6.07, 6.45) is 1.34. The molecule has 0 bridgehead atoms. The van der Waals surface area contributed by atoms with Gasteiger partial charge in [0.05, 0.1) is 22.0 Å². The molecule has 1 atom stereocenters. The molecular formula is C24H30Cl3N3O4S. The summed E-state index contributed by atoms with van der Waals surface area (Å²) in [5.74, 6) is -0.643. The molecule has 0 aromatic heterocycles. The van der Waals surface area contributed by atoms with Gasteiger partial charge in [0.15, 0.2) is 0 Å². The summed E-state index contributed by atoms with van der Waals surface area (Å²) in [6, 6.07) is 10.3. The highest BCUT2D eigenvalue weighted by Gasteiger charge is 2.31. The highest BCUT2D eigenvalue weighted by Crippen LogP contribution is 2.25. The van der Waals surface area contributed by atoms with Crippen molar-refractivity contribution in [2.75, 3.05) is 23.7 Å². The summed E-state index contributed by atoms with van der Waals surface area (Å²) < 4.78 is 26.2. The van der Waals surface area contributed by atoms with Gasteiger partial charge in [0.25, 0.3) is 0 Å². The largest absolute Gasteiger partial charge is 0.354 e. The predicted molar refractivity (Wildman–Crippen MR) is 143 cm³/mol. The van der Waals surface area contributed by atoms with E-state index in [4.69, 9.17) is 34.8 Å². The molecule has 0 aliphatic rings. The van der Waals surface area contributed by atoms with E-state index < -0.39 is 28.5 Å². The smallest absolute Gasteiger partial charge is 0.244 e. The number of sulfonamides is 1. The van der Waals surface area contributed by atoms with Gasteiger partial charge in [-0.1, -0.05) is 67.7 Å². The Morgan fingerprint density at radius 3 is 2.26 bits per heavy atom. The highest BCUT2D eigenvalue weighted by molar-refractivity contribution is 7.92. The molecule has 0 aliphatic heterocycles. The van der Waals surface area contributed by atoms with Gasteiger partial charge in [-0.2, -0.15) is 0 Å². The van der Waals surface area contributed by atoms with Crippen LogP contribution in [0.25, 0.3) is 0 Å². The van der Waals surface area contributed by atoms with Crippen LogP contribution in [0.1, 0.15) is 32.8 Å². The Morgan fingerprint density at radius 2 is 1.71 bits per heavy atom. The van der Waals surface area contributed by atoms with Gasteiger partial charge in [0, 0.05) is 18.1 Å². The third-order valence-electron chi connectivity index (χ3n) is 5.18. The molecule has 0 aliphatic carbocycles. The Hall–Kier alpha value is -2.00. The van der Waals surface area contributed by atoms with E-state index in [-0.39, 0.29) is 24.1 Å². The molecule has 192 valence electrons. The first-order valence-electron chi connectivity index (χ1n) is 11.1. The van der Waals surface area contributed by atoms with E-state index in [0.29, 0.717) is 33.6 Å². The number of hydrogen-bond acceptors (Lipinski definition) is 4. The summed E-state index contributed by atoms with van der Waals surface area (Å²) in [5, 5.41) is 3.87. The van der Waals surface area contributed by atoms with Gasteiger partial charge in [0.1, 0.15) is 12.6 Å². The van der Waals surface area contributed by atoms with Crippen LogP contribution in [0.2, 0.25) is 15.1 Å². The maximum absolute atomic E-state index is 13.6. The molecule has 0 unspecified atom stereocenters. The SMILES string of the molecule is CC[C@@H](C(=O)NCC(C)C)N(Cc1ccc(Cl)c(Cl)c1)C(=O)CN(c1cccc(Cl)c1)S(C)(=O)=O. The monoisotopic (exact) mass is 561 g/mol. The molecule has 0 fully saturated rings. The number of benzene rings is 2. The second kappa shape index (κ2) is 12.8. The number of halogens is 3. The molecular weight excluding hydrogens is 533 g/mol. The zero-order valence-electron chi connectivity index (χ0n) is 20.1. The van der Waals surface area contributed by atoms with Gasteiger partial charge in [-0.25, -0.2) is 8.42 Å². The van der Waals surface area contributed by atoms with Crippen molar-refractivity contribution in [1.29, 1.82) is 0 Å². The first-order valence-corrected chi connectivity index (χ1v) is 14.1. The number of nitrogens with zero attached hydrogens (tertiary/aromatic N) is 2. The van der Waals surface area contributed by atoms with E-state index in [1.165, 1.54) is 11.0 Å². The van der Waals surface area contributed by atoms with Crippen molar-refractivity contribution in [3.63, 3.8) is 0 Å². The van der Waals surface area contributed by atoms with Gasteiger partial charge in [-0.3, -0.25) is 13.9 Å². The summed E-state index contributed by atoms with van der Waals surface area (Å²) in [5.41, 5.74) is 0.900. The molecule has 2 aromatic rings. The second-order valence-corrected chi connectivity index (χ2v) is 11.7. The molecule has 11 heteroatoms. The Balaban J connectivity index is 2.44. The summed E-state index contributed by atoms with van der Waals surface area (Å²) in [4.78, 5) is 28.0. The standard InChI is InChI=1S/C24H30Cl3N3O4S/c1-5-22(24(32)28-13-16(2)3)29(14-17-9-10-20(26)21(27)11-17)23(31)15-30(35(4,33)34)19-8-6-7-18(25)12-19/h6-12,16,22H,5,13-15H2,1-4H3,(H,28,32)/t22-/m0/s1. The maximum Gasteiger partial charge on any atom is 0.244 e. The van der Waals surface area contributed by atoms with Gasteiger partial charge < -0.3 is 10.2 Å². The number of carbonyl (C=O) groups is 2. The average Bonchev–Trinajstić information content (AvgIpc) is 2.77. The Kier molecular flexibility index (Phi) is 10.7. The Labute approximate surface area is 222 Å². The molecule has 1 N–H and O–H groups in total. The van der Waals surface area contributed by atoms with Crippen LogP contribution in [-0.2, 0) is 26.2 Å². The fraction of sp³-hybridized carbons (Fsp3) is 0.417. The fourth-order valence-electron chi connectivity index (χ4n) is 3.42. The van der Waals surface area contributed by atoms with Crippen LogP contribution in [0, 0.1) is 5.92 Å². The molecule has 0 saturated heterocycles. The maximum atomic E-state index is 13.6. The number of anilines is 1. The average molecular weight is 563 g/mol. The highest BCUT2D eigenvalue weighted by atomic mass is 35.5. The first kappa shape index (κ1) is 29.2. The van der Waals surface area contributed by atoms with Crippen LogP contribution in [0.4, 0.5) is 5.69 Å². The molecule has 0 saturated carbocycles. The normalized spacial score (nSPS) is 12.3. The minimum absolute atomic E-state index is 0.0382. The topological polar surface area (TPSA) is 86.8 Å². The van der Waals surface area contributed by atoms with Crippen LogP contribution >= 0.6 is 34.8 Å². The molecule has 2 aromatic carbocycles. The lowest BCUT2D eigenvalue weighted by atomic mass is 10.1. The zero-order chi connectivity index (χ0) is 26.3. The van der Waals surface area contributed by atoms with Gasteiger partial charge in [0.2, 0.25) is 21.8 Å². The Morgan fingerprint density at radius 1 is 1.03 bits per heavy atom. The van der Waals surface area contributed by atoms with Crippen LogP contribution in [-0.4, -0.2) is 50.5 Å². The van der Waals surface area contributed by atoms with E-state index in [1.54, 1.807) is 43.3 Å². The number of carbonyl (C=O) groups excluding carboxylic acids is 2. The fourth-order valence-corrected chi connectivity index (χ4v) is 4.77. The van der Waals surface area contributed by atoms with Crippen LogP contribution in [0.5, 0.6) is 0 Å². The van der Waals surface area contributed by atoms with E-state index in [2.05, 4.69) is 5.32 Å². The van der Waals surface area contributed by atoms with Crippen molar-refractivity contribution in [2.24, 2.45) is 5.92 Å². The third-order valence-corrected chi connectivity index (χ3v) is 7.30. The van der Waals surface area contributed by atoms with Crippen LogP contribution in [0.3, 0.4) is 0 Å². The third kappa shape index (κ3) is 8.56. The first-order chi connectivity index (χ1) is 16.3. The minimum atomic E-state index is -3.83. The summed E-state index contributed by atoms with van der Waals surface area (Å²) >= 11 is 18.2. The molecule has 2 amide bonds.